The standard InChI is InChI=1S/C25H36S2.6CH3.2Sn/c1-3-5-7-9-11-13-17-25(18-14-12-10-8-6-4-2)21-15-19-26-23(21)24-22(25)16-20-27-24;;;;;;;;/h15-16H,3-14,17-18H2,1-2H3;6*1H3;;. The first-order valence-electron chi connectivity index (χ1n) is 14.8. The molecule has 0 aliphatic heterocycles. The fourth-order valence-corrected chi connectivity index (χ4v) is 18.9. The van der Waals surface area contributed by atoms with Crippen molar-refractivity contribution < 1.29 is 0 Å². The van der Waals surface area contributed by atoms with Gasteiger partial charge in [0.15, 0.2) is 0 Å². The van der Waals surface area contributed by atoms with Gasteiger partial charge in [-0.2, -0.15) is 0 Å². The van der Waals surface area contributed by atoms with E-state index in [4.69, 9.17) is 0 Å². The van der Waals surface area contributed by atoms with Crippen LogP contribution in [0.5, 0.6) is 0 Å². The summed E-state index contributed by atoms with van der Waals surface area (Å²) in [6, 6.07) is 5.52. The quantitative estimate of drug-likeness (QED) is 0.119. The van der Waals surface area contributed by atoms with Crippen molar-refractivity contribution in [2.75, 3.05) is 0 Å². The Kier molecular flexibility index (Phi) is 11.7. The van der Waals surface area contributed by atoms with Gasteiger partial charge in [0.2, 0.25) is 0 Å². The van der Waals surface area contributed by atoms with Gasteiger partial charge < -0.3 is 0 Å². The second-order valence-corrected chi connectivity index (χ2v) is 46.3. The normalized spacial score (nSPS) is 15.0. The molecule has 3 rings (SSSR count). The van der Waals surface area contributed by atoms with Crippen LogP contribution in [0.2, 0.25) is 29.6 Å². The molecule has 4 heteroatoms. The molecule has 0 spiro atoms. The molecule has 1 aliphatic rings. The van der Waals surface area contributed by atoms with Crippen molar-refractivity contribution in [3.8, 4) is 9.75 Å². The molecule has 0 atom stereocenters. The van der Waals surface area contributed by atoms with Crippen LogP contribution in [-0.4, -0.2) is 36.8 Å². The van der Waals surface area contributed by atoms with Gasteiger partial charge in [-0.05, 0) is 0 Å². The molecule has 0 amide bonds. The maximum absolute atomic E-state index is 2.76. The summed E-state index contributed by atoms with van der Waals surface area (Å²) >= 11 is 0.244. The fourth-order valence-electron chi connectivity index (χ4n) is 5.79. The molecule has 198 valence electrons. The number of rotatable bonds is 16. The van der Waals surface area contributed by atoms with E-state index < -0.39 is 36.8 Å². The molecule has 2 heterocycles. The van der Waals surface area contributed by atoms with Gasteiger partial charge in [-0.1, -0.05) is 0 Å². The topological polar surface area (TPSA) is 0 Å². The first-order valence-corrected chi connectivity index (χ1v) is 36.5. The van der Waals surface area contributed by atoms with Crippen molar-refractivity contribution in [2.24, 2.45) is 0 Å². The van der Waals surface area contributed by atoms with Gasteiger partial charge in [0.1, 0.15) is 0 Å². The van der Waals surface area contributed by atoms with E-state index in [9.17, 15) is 0 Å². The van der Waals surface area contributed by atoms with Crippen molar-refractivity contribution >= 4 is 65.2 Å². The summed E-state index contributed by atoms with van der Waals surface area (Å²) in [5, 5.41) is 0. The molecule has 2 aromatic heterocycles. The molecule has 0 saturated carbocycles. The third-order valence-electron chi connectivity index (χ3n) is 8.09. The van der Waals surface area contributed by atoms with Crippen LogP contribution in [0.4, 0.5) is 0 Å². The molecule has 0 unspecified atom stereocenters. The number of hydrogen-bond acceptors (Lipinski definition) is 2. The Morgan fingerprint density at radius 3 is 1.23 bits per heavy atom. The number of unbranched alkanes of at least 4 members (excludes halogenated alkanes) is 10. The summed E-state index contributed by atoms with van der Waals surface area (Å²) in [5.41, 5.74) is 3.88. The van der Waals surface area contributed by atoms with Crippen molar-refractivity contribution in [1.29, 1.82) is 0 Å². The Bertz CT molecular complexity index is 847. The second kappa shape index (κ2) is 13.4. The van der Waals surface area contributed by atoms with Crippen LogP contribution in [-0.2, 0) is 5.41 Å². The van der Waals surface area contributed by atoms with E-state index in [0.717, 1.165) is 0 Å². The summed E-state index contributed by atoms with van der Waals surface area (Å²) in [6.07, 6.45) is 19.7. The van der Waals surface area contributed by atoms with Crippen LogP contribution >= 0.6 is 22.7 Å². The molecule has 0 nitrogen and oxygen atoms in total. The SMILES string of the molecule is CCCCCCCCC1(CCCCCCCC)c2c[c]([Sn]([CH3])([CH3])[CH3])sc2-c2s[c]([Sn]([CH3])([CH3])[CH3])cc21. The van der Waals surface area contributed by atoms with E-state index in [1.54, 1.807) is 26.7 Å². The summed E-state index contributed by atoms with van der Waals surface area (Å²) in [6.45, 7) is 4.67. The fraction of sp³-hybridized carbons (Fsp3) is 0.742. The Balaban J connectivity index is 1.95. The number of thiophene rings is 2. The minimum absolute atomic E-state index is 0.317. The zero-order valence-corrected chi connectivity index (χ0v) is 31.7. The summed E-state index contributed by atoms with van der Waals surface area (Å²) < 4.78 is 3.61. The third-order valence-corrected chi connectivity index (χ3v) is 29.4. The van der Waals surface area contributed by atoms with Crippen molar-refractivity contribution in [3.63, 3.8) is 0 Å². The van der Waals surface area contributed by atoms with Gasteiger partial charge in [-0.15, -0.1) is 0 Å². The van der Waals surface area contributed by atoms with Gasteiger partial charge >= 0.3 is 237 Å². The summed E-state index contributed by atoms with van der Waals surface area (Å²) in [4.78, 5) is 19.1. The van der Waals surface area contributed by atoms with Gasteiger partial charge in [-0.25, -0.2) is 0 Å². The van der Waals surface area contributed by atoms with E-state index in [2.05, 4.69) is 78.3 Å². The van der Waals surface area contributed by atoms with Crippen molar-refractivity contribution in [2.45, 2.75) is 139 Å². The molecule has 1 aliphatic carbocycles. The van der Waals surface area contributed by atoms with Crippen LogP contribution < -0.4 is 5.79 Å². The average molecular weight is 728 g/mol. The predicted octanol–water partition coefficient (Wildman–Crippen LogP) is 10.7. The predicted molar refractivity (Wildman–Crippen MR) is 170 cm³/mol. The van der Waals surface area contributed by atoms with E-state index in [1.807, 2.05) is 0 Å². The average Bonchev–Trinajstić information content (AvgIpc) is 3.46. The molecule has 2 aromatic rings. The summed E-state index contributed by atoms with van der Waals surface area (Å²) in [5.74, 6) is 0. The van der Waals surface area contributed by atoms with Gasteiger partial charge in [0, 0.05) is 0 Å². The molecule has 0 aromatic carbocycles. The first-order chi connectivity index (χ1) is 16.5. The number of fused-ring (bicyclic) bond motifs is 3. The molecular weight excluding hydrogens is 674 g/mol. The van der Waals surface area contributed by atoms with Crippen LogP contribution in [0, 0.1) is 0 Å². The minimum atomic E-state index is -2.10. The Labute approximate surface area is 234 Å². The Morgan fingerprint density at radius 2 is 0.886 bits per heavy atom. The molecule has 0 bridgehead atoms. The second-order valence-electron chi connectivity index (χ2n) is 13.3. The van der Waals surface area contributed by atoms with Crippen LogP contribution in [0.1, 0.15) is 115 Å². The zero-order chi connectivity index (χ0) is 25.7. The Morgan fingerprint density at radius 1 is 0.543 bits per heavy atom. The van der Waals surface area contributed by atoms with Crippen molar-refractivity contribution in [3.05, 3.63) is 23.3 Å². The zero-order valence-electron chi connectivity index (χ0n) is 24.4. The van der Waals surface area contributed by atoms with E-state index >= 15 is 0 Å². The molecular formula is C31H54S2Sn2. The van der Waals surface area contributed by atoms with Crippen LogP contribution in [0.15, 0.2) is 12.1 Å². The summed E-state index contributed by atoms with van der Waals surface area (Å²) in [7, 11) is 0. The van der Waals surface area contributed by atoms with Crippen LogP contribution in [0.3, 0.4) is 0 Å². The molecule has 35 heavy (non-hydrogen) atoms. The first kappa shape index (κ1) is 30.5. The maximum atomic E-state index is 2.76. The molecule has 0 radical (unpaired) electrons. The molecule has 0 N–H and O–H groups in total. The van der Waals surface area contributed by atoms with E-state index in [1.165, 1.54) is 89.9 Å². The van der Waals surface area contributed by atoms with Crippen LogP contribution in [0.25, 0.3) is 9.75 Å². The number of hydrogen-bond donors (Lipinski definition) is 0. The van der Waals surface area contributed by atoms with Gasteiger partial charge in [0.05, 0.1) is 0 Å². The van der Waals surface area contributed by atoms with E-state index in [-0.39, 0.29) is 0 Å². The van der Waals surface area contributed by atoms with Gasteiger partial charge in [-0.3, -0.25) is 0 Å². The third kappa shape index (κ3) is 7.56. The Hall–Kier alpha value is 0.997. The molecule has 0 saturated heterocycles. The monoisotopic (exact) mass is 730 g/mol. The van der Waals surface area contributed by atoms with E-state index in [0.29, 0.717) is 5.41 Å². The molecule has 0 fully saturated rings. The van der Waals surface area contributed by atoms with Gasteiger partial charge in [0.25, 0.3) is 0 Å². The van der Waals surface area contributed by atoms with Crippen molar-refractivity contribution in [1.82, 2.24) is 0 Å².